The summed E-state index contributed by atoms with van der Waals surface area (Å²) in [5.74, 6) is -0.362. The van der Waals surface area contributed by atoms with E-state index in [1.807, 2.05) is 0 Å². The van der Waals surface area contributed by atoms with Crippen LogP contribution in [-0.2, 0) is 20.6 Å². The highest BCUT2D eigenvalue weighted by atomic mass is 19.1. The quantitative estimate of drug-likeness (QED) is 0.915. The molecule has 2 aromatic rings. The first-order valence-corrected chi connectivity index (χ1v) is 6.16. The Bertz CT molecular complexity index is 762. The van der Waals surface area contributed by atoms with Gasteiger partial charge in [-0.2, -0.15) is 0 Å². The fraction of sp³-hybridized carbons (Fsp3) is 0.286. The molecule has 20 heavy (non-hydrogen) atoms. The van der Waals surface area contributed by atoms with Crippen molar-refractivity contribution in [2.24, 2.45) is 14.1 Å². The van der Waals surface area contributed by atoms with Crippen molar-refractivity contribution in [1.82, 2.24) is 9.13 Å². The minimum Gasteiger partial charge on any atom is -0.377 e. The van der Waals surface area contributed by atoms with Gasteiger partial charge in [0.05, 0.1) is 12.2 Å². The standard InChI is InChI=1S/C14H16FN3O2/c1-9-4-5-12(11(15)6-9)16-8-10-7-13(19)18(3)14(20)17(10)2/h4-7,16H,8H2,1-3H3. The molecule has 0 amide bonds. The Hall–Kier alpha value is -2.37. The minimum absolute atomic E-state index is 0.196. The van der Waals surface area contributed by atoms with E-state index in [9.17, 15) is 14.0 Å². The molecule has 106 valence electrons. The summed E-state index contributed by atoms with van der Waals surface area (Å²) in [4.78, 5) is 23.3. The lowest BCUT2D eigenvalue weighted by atomic mass is 10.2. The minimum atomic E-state index is -0.404. The smallest absolute Gasteiger partial charge is 0.330 e. The van der Waals surface area contributed by atoms with Gasteiger partial charge in [-0.3, -0.25) is 13.9 Å². The molecule has 0 saturated carbocycles. The Kier molecular flexibility index (Phi) is 3.74. The van der Waals surface area contributed by atoms with E-state index < -0.39 is 5.69 Å². The zero-order valence-electron chi connectivity index (χ0n) is 11.6. The van der Waals surface area contributed by atoms with Crippen LogP contribution in [-0.4, -0.2) is 9.13 Å². The monoisotopic (exact) mass is 277 g/mol. The number of nitrogens with one attached hydrogen (secondary N) is 1. The third-order valence-corrected chi connectivity index (χ3v) is 3.21. The van der Waals surface area contributed by atoms with Crippen LogP contribution in [0.2, 0.25) is 0 Å². The number of aromatic nitrogens is 2. The van der Waals surface area contributed by atoms with E-state index in [1.165, 1.54) is 23.7 Å². The highest BCUT2D eigenvalue weighted by Gasteiger charge is 2.07. The molecule has 0 aliphatic rings. The van der Waals surface area contributed by atoms with Crippen molar-refractivity contribution in [3.05, 3.63) is 62.2 Å². The number of halogens is 1. The maximum atomic E-state index is 13.7. The van der Waals surface area contributed by atoms with E-state index in [1.54, 1.807) is 26.1 Å². The van der Waals surface area contributed by atoms with E-state index in [4.69, 9.17) is 0 Å². The summed E-state index contributed by atoms with van der Waals surface area (Å²) < 4.78 is 16.1. The Morgan fingerprint density at radius 1 is 1.15 bits per heavy atom. The van der Waals surface area contributed by atoms with Gasteiger partial charge in [0.25, 0.3) is 5.56 Å². The second-order valence-electron chi connectivity index (χ2n) is 4.71. The first kappa shape index (κ1) is 14.0. The van der Waals surface area contributed by atoms with Crippen molar-refractivity contribution >= 4 is 5.69 Å². The summed E-state index contributed by atoms with van der Waals surface area (Å²) in [7, 11) is 2.99. The lowest BCUT2D eigenvalue weighted by Crippen LogP contribution is -2.38. The Morgan fingerprint density at radius 3 is 2.50 bits per heavy atom. The number of rotatable bonds is 3. The SMILES string of the molecule is Cc1ccc(NCc2cc(=O)n(C)c(=O)n2C)c(F)c1. The Morgan fingerprint density at radius 2 is 1.85 bits per heavy atom. The van der Waals surface area contributed by atoms with Crippen molar-refractivity contribution < 1.29 is 4.39 Å². The molecule has 0 aliphatic carbocycles. The zero-order chi connectivity index (χ0) is 14.9. The highest BCUT2D eigenvalue weighted by Crippen LogP contribution is 2.15. The Labute approximate surface area is 115 Å². The fourth-order valence-electron chi connectivity index (χ4n) is 1.90. The van der Waals surface area contributed by atoms with Crippen LogP contribution in [0.1, 0.15) is 11.3 Å². The molecule has 1 aromatic carbocycles. The molecule has 0 saturated heterocycles. The number of aryl methyl sites for hydroxylation is 1. The predicted octanol–water partition coefficient (Wildman–Crippen LogP) is 1.14. The van der Waals surface area contributed by atoms with Crippen LogP contribution >= 0.6 is 0 Å². The van der Waals surface area contributed by atoms with Crippen molar-refractivity contribution in [3.63, 3.8) is 0 Å². The summed E-state index contributed by atoms with van der Waals surface area (Å²) in [6.07, 6.45) is 0. The second-order valence-corrected chi connectivity index (χ2v) is 4.71. The van der Waals surface area contributed by atoms with Gasteiger partial charge in [0, 0.05) is 25.9 Å². The van der Waals surface area contributed by atoms with E-state index in [0.717, 1.165) is 10.1 Å². The van der Waals surface area contributed by atoms with Gasteiger partial charge in [0.15, 0.2) is 0 Å². The molecule has 0 radical (unpaired) electrons. The van der Waals surface area contributed by atoms with Crippen molar-refractivity contribution in [3.8, 4) is 0 Å². The normalized spacial score (nSPS) is 10.6. The van der Waals surface area contributed by atoms with Gasteiger partial charge in [-0.05, 0) is 24.6 Å². The van der Waals surface area contributed by atoms with Crippen LogP contribution in [0.25, 0.3) is 0 Å². The first-order chi connectivity index (χ1) is 9.40. The average Bonchev–Trinajstić information content (AvgIpc) is 2.40. The summed E-state index contributed by atoms with van der Waals surface area (Å²) in [6.45, 7) is 2.00. The summed E-state index contributed by atoms with van der Waals surface area (Å²) in [5.41, 5.74) is 0.879. The largest absolute Gasteiger partial charge is 0.377 e. The van der Waals surface area contributed by atoms with Crippen LogP contribution in [0.4, 0.5) is 10.1 Å². The molecule has 1 heterocycles. The lowest BCUT2D eigenvalue weighted by molar-refractivity contribution is 0.626. The number of anilines is 1. The van der Waals surface area contributed by atoms with E-state index in [0.29, 0.717) is 11.4 Å². The number of benzene rings is 1. The van der Waals surface area contributed by atoms with Gasteiger partial charge < -0.3 is 5.32 Å². The average molecular weight is 277 g/mol. The molecular formula is C14H16FN3O2. The Balaban J connectivity index is 2.28. The van der Waals surface area contributed by atoms with Gasteiger partial charge >= 0.3 is 5.69 Å². The number of nitrogens with zero attached hydrogens (tertiary/aromatic N) is 2. The van der Waals surface area contributed by atoms with E-state index >= 15 is 0 Å². The summed E-state index contributed by atoms with van der Waals surface area (Å²) in [6, 6.07) is 6.20. The van der Waals surface area contributed by atoms with Gasteiger partial charge in [-0.25, -0.2) is 9.18 Å². The van der Waals surface area contributed by atoms with Crippen LogP contribution in [0.5, 0.6) is 0 Å². The van der Waals surface area contributed by atoms with E-state index in [2.05, 4.69) is 5.32 Å². The topological polar surface area (TPSA) is 56.0 Å². The molecule has 0 fully saturated rings. The third-order valence-electron chi connectivity index (χ3n) is 3.21. The van der Waals surface area contributed by atoms with Gasteiger partial charge in [-0.1, -0.05) is 6.07 Å². The molecular weight excluding hydrogens is 261 g/mol. The maximum Gasteiger partial charge on any atom is 0.330 e. The van der Waals surface area contributed by atoms with Crippen LogP contribution < -0.4 is 16.6 Å². The number of hydrogen-bond donors (Lipinski definition) is 1. The van der Waals surface area contributed by atoms with Crippen molar-refractivity contribution in [1.29, 1.82) is 0 Å². The zero-order valence-corrected chi connectivity index (χ0v) is 11.6. The second kappa shape index (κ2) is 5.32. The van der Waals surface area contributed by atoms with Gasteiger partial charge in [-0.15, -0.1) is 0 Å². The molecule has 1 N–H and O–H groups in total. The molecule has 0 bridgehead atoms. The molecule has 0 spiro atoms. The molecule has 0 unspecified atom stereocenters. The number of hydrogen-bond acceptors (Lipinski definition) is 3. The van der Waals surface area contributed by atoms with Gasteiger partial charge in [0.1, 0.15) is 5.82 Å². The van der Waals surface area contributed by atoms with E-state index in [-0.39, 0.29) is 17.9 Å². The summed E-state index contributed by atoms with van der Waals surface area (Å²) in [5, 5.41) is 2.89. The van der Waals surface area contributed by atoms with Crippen LogP contribution in [0.3, 0.4) is 0 Å². The van der Waals surface area contributed by atoms with Crippen LogP contribution in [0, 0.1) is 12.7 Å². The summed E-state index contributed by atoms with van der Waals surface area (Å²) >= 11 is 0. The molecule has 0 atom stereocenters. The molecule has 1 aromatic heterocycles. The molecule has 2 rings (SSSR count). The lowest BCUT2D eigenvalue weighted by Gasteiger charge is -2.12. The van der Waals surface area contributed by atoms with Gasteiger partial charge in [0.2, 0.25) is 0 Å². The third kappa shape index (κ3) is 2.64. The molecule has 6 heteroatoms. The fourth-order valence-corrected chi connectivity index (χ4v) is 1.90. The molecule has 0 aliphatic heterocycles. The highest BCUT2D eigenvalue weighted by molar-refractivity contribution is 5.46. The predicted molar refractivity (Wildman–Crippen MR) is 75.4 cm³/mol. The first-order valence-electron chi connectivity index (χ1n) is 6.16. The van der Waals surface area contributed by atoms with Crippen molar-refractivity contribution in [2.45, 2.75) is 13.5 Å². The maximum absolute atomic E-state index is 13.7. The molecule has 5 nitrogen and oxygen atoms in total. The van der Waals surface area contributed by atoms with Crippen LogP contribution in [0.15, 0.2) is 33.9 Å². The van der Waals surface area contributed by atoms with Crippen molar-refractivity contribution in [2.75, 3.05) is 5.32 Å².